The number of benzene rings is 2. The summed E-state index contributed by atoms with van der Waals surface area (Å²) in [6.07, 6.45) is 0. The third kappa shape index (κ3) is 2.88. The maximum absolute atomic E-state index is 12.1. The smallest absolute Gasteiger partial charge is 0.368 e. The maximum Gasteiger partial charge on any atom is 0.368 e. The molecule has 0 aliphatic rings. The van der Waals surface area contributed by atoms with Gasteiger partial charge in [0.15, 0.2) is 0 Å². The van der Waals surface area contributed by atoms with E-state index in [0.29, 0.717) is 18.0 Å². The number of nitrogen functional groups attached to an aromatic ring is 1. The van der Waals surface area contributed by atoms with Crippen LogP contribution in [0.2, 0.25) is 0 Å². The van der Waals surface area contributed by atoms with Gasteiger partial charge in [0.2, 0.25) is 0 Å². The summed E-state index contributed by atoms with van der Waals surface area (Å²) in [5.41, 5.74) is 9.69. The number of ether oxygens (including phenoxy) is 1. The van der Waals surface area contributed by atoms with E-state index in [2.05, 4.69) is 10.4 Å². The lowest BCUT2D eigenvalue weighted by molar-refractivity contribution is 0.302. The Kier molecular flexibility index (Phi) is 4.07. The number of hydrogen-bond acceptors (Lipinski definition) is 5. The number of aromatic nitrogens is 4. The molecule has 3 rings (SSSR count). The Morgan fingerprint density at radius 2 is 1.92 bits per heavy atom. The van der Waals surface area contributed by atoms with Crippen LogP contribution in [0, 0.1) is 13.8 Å². The van der Waals surface area contributed by atoms with Crippen molar-refractivity contribution in [3.05, 3.63) is 63.6 Å². The minimum atomic E-state index is -0.300. The van der Waals surface area contributed by atoms with Gasteiger partial charge in [-0.15, -0.1) is 0 Å². The first kappa shape index (κ1) is 15.8. The number of aryl methyl sites for hydroxylation is 3. The number of tetrazole rings is 1. The van der Waals surface area contributed by atoms with Crippen LogP contribution in [0.1, 0.15) is 16.7 Å². The van der Waals surface area contributed by atoms with E-state index in [4.69, 9.17) is 10.5 Å². The SMILES string of the molecule is Cc1cc(N)ccc1OCc1c(C)cccc1-n1nnn(C)c1=O. The lowest BCUT2D eigenvalue weighted by Crippen LogP contribution is -2.23. The van der Waals surface area contributed by atoms with E-state index >= 15 is 0 Å². The number of nitrogens with zero attached hydrogens (tertiary/aromatic N) is 4. The highest BCUT2D eigenvalue weighted by Gasteiger charge is 2.13. The van der Waals surface area contributed by atoms with Crippen molar-refractivity contribution < 1.29 is 4.74 Å². The molecule has 2 aromatic carbocycles. The second-order valence-corrected chi connectivity index (χ2v) is 5.68. The van der Waals surface area contributed by atoms with E-state index < -0.39 is 0 Å². The fraction of sp³-hybridized carbons (Fsp3) is 0.235. The standard InChI is InChI=1S/C17H19N5O2/c1-11-5-4-6-15(22-17(23)21(3)19-20-22)14(11)10-24-16-8-7-13(18)9-12(16)2/h4-9H,10,18H2,1-3H3. The maximum atomic E-state index is 12.1. The normalized spacial score (nSPS) is 10.8. The van der Waals surface area contributed by atoms with Crippen molar-refractivity contribution in [2.24, 2.45) is 7.05 Å². The molecule has 1 aromatic heterocycles. The van der Waals surface area contributed by atoms with Gasteiger partial charge in [0.05, 0.1) is 5.69 Å². The molecule has 0 saturated heterocycles. The molecule has 7 heteroatoms. The van der Waals surface area contributed by atoms with E-state index in [9.17, 15) is 4.79 Å². The van der Waals surface area contributed by atoms with Crippen LogP contribution in [0.4, 0.5) is 5.69 Å². The third-order valence-corrected chi connectivity index (χ3v) is 3.91. The molecule has 24 heavy (non-hydrogen) atoms. The quantitative estimate of drug-likeness (QED) is 0.738. The zero-order chi connectivity index (χ0) is 17.3. The molecule has 0 aliphatic carbocycles. The first-order valence-electron chi connectivity index (χ1n) is 7.54. The second-order valence-electron chi connectivity index (χ2n) is 5.68. The van der Waals surface area contributed by atoms with Crippen LogP contribution in [-0.4, -0.2) is 19.8 Å². The van der Waals surface area contributed by atoms with Crippen molar-refractivity contribution in [2.45, 2.75) is 20.5 Å². The molecule has 3 aromatic rings. The van der Waals surface area contributed by atoms with Crippen molar-refractivity contribution in [1.82, 2.24) is 19.8 Å². The molecule has 0 saturated carbocycles. The molecule has 0 radical (unpaired) electrons. The van der Waals surface area contributed by atoms with Crippen LogP contribution in [0.3, 0.4) is 0 Å². The summed E-state index contributed by atoms with van der Waals surface area (Å²) in [5, 5.41) is 7.68. The Hall–Kier alpha value is -3.09. The highest BCUT2D eigenvalue weighted by molar-refractivity contribution is 5.48. The van der Waals surface area contributed by atoms with E-state index in [-0.39, 0.29) is 5.69 Å². The topological polar surface area (TPSA) is 88.0 Å². The number of anilines is 1. The van der Waals surface area contributed by atoms with E-state index in [1.54, 1.807) is 13.1 Å². The van der Waals surface area contributed by atoms with Crippen molar-refractivity contribution in [3.8, 4) is 11.4 Å². The first-order valence-corrected chi connectivity index (χ1v) is 7.54. The Morgan fingerprint density at radius 3 is 2.58 bits per heavy atom. The fourth-order valence-corrected chi connectivity index (χ4v) is 2.52. The zero-order valence-electron chi connectivity index (χ0n) is 13.9. The van der Waals surface area contributed by atoms with Gasteiger partial charge in [-0.3, -0.25) is 0 Å². The summed E-state index contributed by atoms with van der Waals surface area (Å²) in [4.78, 5) is 12.1. The molecule has 2 N–H and O–H groups in total. The van der Waals surface area contributed by atoms with E-state index in [1.807, 2.05) is 44.2 Å². The second kappa shape index (κ2) is 6.19. The van der Waals surface area contributed by atoms with Gasteiger partial charge in [-0.1, -0.05) is 12.1 Å². The molecule has 0 amide bonds. The lowest BCUT2D eigenvalue weighted by Gasteiger charge is -2.14. The van der Waals surface area contributed by atoms with Gasteiger partial charge in [0, 0.05) is 18.3 Å². The van der Waals surface area contributed by atoms with Crippen LogP contribution in [0.25, 0.3) is 5.69 Å². The molecule has 7 nitrogen and oxygen atoms in total. The van der Waals surface area contributed by atoms with Crippen LogP contribution < -0.4 is 16.2 Å². The summed E-state index contributed by atoms with van der Waals surface area (Å²) < 4.78 is 8.41. The highest BCUT2D eigenvalue weighted by Crippen LogP contribution is 2.24. The Bertz CT molecular complexity index is 942. The molecule has 0 atom stereocenters. The predicted molar refractivity (Wildman–Crippen MR) is 91.3 cm³/mol. The molecule has 0 spiro atoms. The molecule has 0 fully saturated rings. The van der Waals surface area contributed by atoms with Gasteiger partial charge in [0.25, 0.3) is 0 Å². The van der Waals surface area contributed by atoms with Crippen LogP contribution in [-0.2, 0) is 13.7 Å². The van der Waals surface area contributed by atoms with Gasteiger partial charge in [0.1, 0.15) is 12.4 Å². The molecule has 0 unspecified atom stereocenters. The molecular weight excluding hydrogens is 306 g/mol. The average Bonchev–Trinajstić information content (AvgIpc) is 2.87. The third-order valence-electron chi connectivity index (χ3n) is 3.91. The minimum absolute atomic E-state index is 0.300. The highest BCUT2D eigenvalue weighted by atomic mass is 16.5. The first-order chi connectivity index (χ1) is 11.5. The van der Waals surface area contributed by atoms with E-state index in [1.165, 1.54) is 9.36 Å². The van der Waals surface area contributed by atoms with Crippen LogP contribution >= 0.6 is 0 Å². The molecule has 0 aliphatic heterocycles. The Morgan fingerprint density at radius 1 is 1.12 bits per heavy atom. The number of hydrogen-bond donors (Lipinski definition) is 1. The summed E-state index contributed by atoms with van der Waals surface area (Å²) in [5.74, 6) is 0.755. The summed E-state index contributed by atoms with van der Waals surface area (Å²) in [6, 6.07) is 11.2. The molecule has 0 bridgehead atoms. The summed E-state index contributed by atoms with van der Waals surface area (Å²) in [6.45, 7) is 4.23. The summed E-state index contributed by atoms with van der Waals surface area (Å²) in [7, 11) is 1.57. The lowest BCUT2D eigenvalue weighted by atomic mass is 10.1. The van der Waals surface area contributed by atoms with Gasteiger partial charge in [-0.05, 0) is 59.7 Å². The minimum Gasteiger partial charge on any atom is -0.489 e. The monoisotopic (exact) mass is 325 g/mol. The Labute approximate surface area is 139 Å². The van der Waals surface area contributed by atoms with Crippen molar-refractivity contribution in [3.63, 3.8) is 0 Å². The molecule has 1 heterocycles. The van der Waals surface area contributed by atoms with Gasteiger partial charge in [-0.25, -0.2) is 4.79 Å². The van der Waals surface area contributed by atoms with Crippen LogP contribution in [0.15, 0.2) is 41.2 Å². The van der Waals surface area contributed by atoms with Crippen molar-refractivity contribution in [2.75, 3.05) is 5.73 Å². The van der Waals surface area contributed by atoms with E-state index in [0.717, 1.165) is 22.4 Å². The average molecular weight is 325 g/mol. The van der Waals surface area contributed by atoms with Gasteiger partial charge >= 0.3 is 5.69 Å². The van der Waals surface area contributed by atoms with Crippen molar-refractivity contribution >= 4 is 5.69 Å². The van der Waals surface area contributed by atoms with Gasteiger partial charge in [-0.2, -0.15) is 9.36 Å². The largest absolute Gasteiger partial charge is 0.489 e. The van der Waals surface area contributed by atoms with Crippen molar-refractivity contribution in [1.29, 1.82) is 0 Å². The predicted octanol–water partition coefficient (Wildman–Crippen LogP) is 1.74. The molecular formula is C17H19N5O2. The summed E-state index contributed by atoms with van der Waals surface area (Å²) >= 11 is 0. The fourth-order valence-electron chi connectivity index (χ4n) is 2.52. The number of nitrogens with two attached hydrogens (primary N) is 1. The zero-order valence-corrected chi connectivity index (χ0v) is 13.9. The van der Waals surface area contributed by atoms with Gasteiger partial charge < -0.3 is 10.5 Å². The molecule has 124 valence electrons. The number of rotatable bonds is 4. The van der Waals surface area contributed by atoms with Crippen LogP contribution in [0.5, 0.6) is 5.75 Å². The Balaban J connectivity index is 1.96.